The van der Waals surface area contributed by atoms with Gasteiger partial charge in [-0.1, -0.05) is 36.4 Å². The first-order valence-corrected chi connectivity index (χ1v) is 9.27. The van der Waals surface area contributed by atoms with Crippen LogP contribution in [0.1, 0.15) is 29.0 Å². The molecule has 1 aromatic carbocycles. The highest BCUT2D eigenvalue weighted by atomic mass is 32.1. The van der Waals surface area contributed by atoms with E-state index in [0.717, 1.165) is 12.0 Å². The van der Waals surface area contributed by atoms with E-state index in [1.54, 1.807) is 17.4 Å². The average molecular weight is 354 g/mol. The van der Waals surface area contributed by atoms with Gasteiger partial charge in [-0.25, -0.2) is 0 Å². The maximum Gasteiger partial charge on any atom is 0.243 e. The molecule has 0 saturated carbocycles. The first-order chi connectivity index (χ1) is 12.1. The molecule has 2 heterocycles. The number of fused-ring (bicyclic) bond motifs is 1. The Morgan fingerprint density at radius 3 is 2.76 bits per heavy atom. The van der Waals surface area contributed by atoms with Crippen molar-refractivity contribution in [3.8, 4) is 0 Å². The lowest BCUT2D eigenvalue weighted by molar-refractivity contribution is -0.140. The molecular weight excluding hydrogens is 332 g/mol. The van der Waals surface area contributed by atoms with Gasteiger partial charge in [-0.15, -0.1) is 17.9 Å². The van der Waals surface area contributed by atoms with E-state index in [1.807, 2.05) is 23.1 Å². The van der Waals surface area contributed by atoms with Crippen LogP contribution in [0.3, 0.4) is 0 Å². The van der Waals surface area contributed by atoms with Crippen LogP contribution in [0.5, 0.6) is 0 Å². The maximum absolute atomic E-state index is 13.0. The summed E-state index contributed by atoms with van der Waals surface area (Å²) in [6.45, 7) is 6.30. The van der Waals surface area contributed by atoms with E-state index < -0.39 is 0 Å². The molecule has 0 N–H and O–H groups in total. The summed E-state index contributed by atoms with van der Waals surface area (Å²) >= 11 is 1.75. The molecule has 4 nitrogen and oxygen atoms in total. The Bertz CT molecular complexity index is 769. The monoisotopic (exact) mass is 354 g/mol. The van der Waals surface area contributed by atoms with Crippen LogP contribution in [0.25, 0.3) is 0 Å². The lowest BCUT2D eigenvalue weighted by Gasteiger charge is -2.37. The fourth-order valence-electron chi connectivity index (χ4n) is 3.29. The Morgan fingerprint density at radius 2 is 2.08 bits per heavy atom. The Labute approximate surface area is 152 Å². The standard InChI is InChI=1S/C20H22N2O2S/c1-3-11-21(15(2)23)14-19(24)22-12-9-18-17(10-13-25-18)20(22)16-7-5-4-6-8-16/h3-8,10,13,20H,1,9,11-12,14H2,2H3/t20-/m0/s1. The summed E-state index contributed by atoms with van der Waals surface area (Å²) < 4.78 is 0. The van der Waals surface area contributed by atoms with E-state index >= 15 is 0 Å². The first-order valence-electron chi connectivity index (χ1n) is 8.39. The van der Waals surface area contributed by atoms with E-state index in [4.69, 9.17) is 0 Å². The van der Waals surface area contributed by atoms with E-state index in [9.17, 15) is 9.59 Å². The normalized spacial score (nSPS) is 16.2. The number of hydrogen-bond donors (Lipinski definition) is 0. The Hall–Kier alpha value is -2.40. The SMILES string of the molecule is C=CCN(CC(=O)N1CCc2sccc2[C@@H]1c1ccccc1)C(C)=O. The Morgan fingerprint density at radius 1 is 1.32 bits per heavy atom. The zero-order chi connectivity index (χ0) is 17.8. The minimum absolute atomic E-state index is 0.0252. The topological polar surface area (TPSA) is 40.6 Å². The molecule has 0 aliphatic carbocycles. The molecule has 0 spiro atoms. The summed E-state index contributed by atoms with van der Waals surface area (Å²) in [5.41, 5.74) is 2.31. The van der Waals surface area contributed by atoms with Crippen molar-refractivity contribution >= 4 is 23.2 Å². The van der Waals surface area contributed by atoms with Crippen LogP contribution in [0, 0.1) is 0 Å². The highest BCUT2D eigenvalue weighted by Crippen LogP contribution is 2.37. The summed E-state index contributed by atoms with van der Waals surface area (Å²) in [6, 6.07) is 12.1. The second kappa shape index (κ2) is 7.66. The third-order valence-electron chi connectivity index (χ3n) is 4.52. The number of thiophene rings is 1. The lowest BCUT2D eigenvalue weighted by atomic mass is 9.93. The van der Waals surface area contributed by atoms with Crippen LogP contribution in [-0.4, -0.2) is 41.2 Å². The zero-order valence-corrected chi connectivity index (χ0v) is 15.2. The molecule has 5 heteroatoms. The van der Waals surface area contributed by atoms with Gasteiger partial charge in [-0.3, -0.25) is 9.59 Å². The fraction of sp³-hybridized carbons (Fsp3) is 0.300. The molecule has 0 fully saturated rings. The first kappa shape index (κ1) is 17.4. The van der Waals surface area contributed by atoms with Gasteiger partial charge in [0.2, 0.25) is 11.8 Å². The van der Waals surface area contributed by atoms with Gasteiger partial charge in [0.25, 0.3) is 0 Å². The molecular formula is C20H22N2O2S. The summed E-state index contributed by atoms with van der Waals surface area (Å²) in [4.78, 5) is 29.5. The van der Waals surface area contributed by atoms with Crippen LogP contribution in [0.4, 0.5) is 0 Å². The highest BCUT2D eigenvalue weighted by molar-refractivity contribution is 7.10. The maximum atomic E-state index is 13.0. The number of hydrogen-bond acceptors (Lipinski definition) is 3. The van der Waals surface area contributed by atoms with Crippen molar-refractivity contribution in [1.82, 2.24) is 9.80 Å². The van der Waals surface area contributed by atoms with Crippen molar-refractivity contribution in [3.63, 3.8) is 0 Å². The molecule has 1 aliphatic heterocycles. The van der Waals surface area contributed by atoms with E-state index in [0.29, 0.717) is 13.1 Å². The van der Waals surface area contributed by atoms with Crippen LogP contribution < -0.4 is 0 Å². The Balaban J connectivity index is 1.90. The van der Waals surface area contributed by atoms with Gasteiger partial charge in [0.1, 0.15) is 6.54 Å². The molecule has 2 aromatic rings. The van der Waals surface area contributed by atoms with Crippen LogP contribution in [0.2, 0.25) is 0 Å². The molecule has 1 aromatic heterocycles. The molecule has 1 atom stereocenters. The third-order valence-corrected chi connectivity index (χ3v) is 5.52. The van der Waals surface area contributed by atoms with Gasteiger partial charge >= 0.3 is 0 Å². The number of amides is 2. The minimum Gasteiger partial charge on any atom is -0.330 e. The second-order valence-electron chi connectivity index (χ2n) is 6.14. The summed E-state index contributed by atoms with van der Waals surface area (Å²) in [6.07, 6.45) is 2.51. The van der Waals surface area contributed by atoms with Crippen LogP contribution >= 0.6 is 11.3 Å². The fourth-order valence-corrected chi connectivity index (χ4v) is 4.20. The molecule has 0 bridgehead atoms. The largest absolute Gasteiger partial charge is 0.330 e. The van der Waals surface area contributed by atoms with Crippen molar-refractivity contribution in [3.05, 3.63) is 70.4 Å². The van der Waals surface area contributed by atoms with Crippen molar-refractivity contribution in [2.24, 2.45) is 0 Å². The number of nitrogens with zero attached hydrogens (tertiary/aromatic N) is 2. The van der Waals surface area contributed by atoms with Crippen molar-refractivity contribution < 1.29 is 9.59 Å². The number of rotatable bonds is 5. The van der Waals surface area contributed by atoms with E-state index in [-0.39, 0.29) is 24.4 Å². The second-order valence-corrected chi connectivity index (χ2v) is 7.14. The van der Waals surface area contributed by atoms with Gasteiger partial charge in [0.05, 0.1) is 6.04 Å². The quantitative estimate of drug-likeness (QED) is 0.774. The average Bonchev–Trinajstić information content (AvgIpc) is 3.09. The molecule has 1 aliphatic rings. The predicted octanol–water partition coefficient (Wildman–Crippen LogP) is 3.26. The van der Waals surface area contributed by atoms with Gasteiger partial charge in [-0.2, -0.15) is 0 Å². The summed E-state index contributed by atoms with van der Waals surface area (Å²) in [5, 5.41) is 2.09. The Kier molecular flexibility index (Phi) is 5.34. The van der Waals surface area contributed by atoms with Gasteiger partial charge in [0, 0.05) is 24.9 Å². The summed E-state index contributed by atoms with van der Waals surface area (Å²) in [5.74, 6) is -0.138. The van der Waals surface area contributed by atoms with Gasteiger partial charge < -0.3 is 9.80 Å². The van der Waals surface area contributed by atoms with Gasteiger partial charge in [-0.05, 0) is 29.0 Å². The molecule has 0 unspecified atom stereocenters. The molecule has 25 heavy (non-hydrogen) atoms. The number of carbonyl (C=O) groups excluding carboxylic acids is 2. The van der Waals surface area contributed by atoms with Crippen molar-refractivity contribution in [2.75, 3.05) is 19.6 Å². The van der Waals surface area contributed by atoms with Crippen molar-refractivity contribution in [2.45, 2.75) is 19.4 Å². The molecule has 0 saturated heterocycles. The highest BCUT2D eigenvalue weighted by Gasteiger charge is 2.33. The van der Waals surface area contributed by atoms with Gasteiger partial charge in [0.15, 0.2) is 0 Å². The van der Waals surface area contributed by atoms with E-state index in [1.165, 1.54) is 22.3 Å². The van der Waals surface area contributed by atoms with Crippen LogP contribution in [-0.2, 0) is 16.0 Å². The summed E-state index contributed by atoms with van der Waals surface area (Å²) in [7, 11) is 0. The predicted molar refractivity (Wildman–Crippen MR) is 100 cm³/mol. The number of benzene rings is 1. The smallest absolute Gasteiger partial charge is 0.243 e. The van der Waals surface area contributed by atoms with Crippen LogP contribution in [0.15, 0.2) is 54.4 Å². The number of carbonyl (C=O) groups is 2. The molecule has 130 valence electrons. The van der Waals surface area contributed by atoms with E-state index in [2.05, 4.69) is 30.2 Å². The zero-order valence-electron chi connectivity index (χ0n) is 14.4. The third kappa shape index (κ3) is 3.66. The lowest BCUT2D eigenvalue weighted by Crippen LogP contribution is -2.46. The molecule has 3 rings (SSSR count). The molecule has 0 radical (unpaired) electrons. The molecule has 2 amide bonds. The van der Waals surface area contributed by atoms with Crippen molar-refractivity contribution in [1.29, 1.82) is 0 Å². The minimum atomic E-state index is -0.113.